The van der Waals surface area contributed by atoms with Crippen molar-refractivity contribution in [2.45, 2.75) is 31.8 Å². The molecule has 1 atom stereocenters. The summed E-state index contributed by atoms with van der Waals surface area (Å²) in [4.78, 5) is 40.3. The van der Waals surface area contributed by atoms with Gasteiger partial charge in [0.15, 0.2) is 0 Å². The van der Waals surface area contributed by atoms with E-state index in [0.717, 1.165) is 22.4 Å². The number of rotatable bonds is 5. The van der Waals surface area contributed by atoms with Crippen LogP contribution in [0.1, 0.15) is 23.1 Å². The highest BCUT2D eigenvalue weighted by molar-refractivity contribution is 6.06. The molecule has 28 heavy (non-hydrogen) atoms. The zero-order valence-electron chi connectivity index (χ0n) is 15.6. The normalized spacial score (nSPS) is 18.8. The molecule has 2 heterocycles. The van der Waals surface area contributed by atoms with Gasteiger partial charge in [-0.1, -0.05) is 54.6 Å². The van der Waals surface area contributed by atoms with Gasteiger partial charge in [-0.2, -0.15) is 0 Å². The Labute approximate surface area is 164 Å². The Bertz CT molecular complexity index is 897. The van der Waals surface area contributed by atoms with Gasteiger partial charge in [0.05, 0.1) is 0 Å². The highest BCUT2D eigenvalue weighted by Crippen LogP contribution is 2.19. The van der Waals surface area contributed by atoms with Crippen molar-refractivity contribution in [3.63, 3.8) is 0 Å². The summed E-state index contributed by atoms with van der Waals surface area (Å²) in [5.74, 6) is -0.506. The molecule has 0 aromatic heterocycles. The molecule has 1 saturated heterocycles. The van der Waals surface area contributed by atoms with Crippen LogP contribution in [0.4, 0.5) is 4.79 Å². The molecule has 4 rings (SSSR count). The second-order valence-electron chi connectivity index (χ2n) is 7.28. The minimum absolute atomic E-state index is 0.193. The Morgan fingerprint density at radius 3 is 2.50 bits per heavy atom. The van der Waals surface area contributed by atoms with Crippen LogP contribution in [0.5, 0.6) is 0 Å². The molecule has 2 aliphatic rings. The fourth-order valence-electron chi connectivity index (χ4n) is 3.82. The molecule has 4 amide bonds. The predicted octanol–water partition coefficient (Wildman–Crippen LogP) is 2.12. The van der Waals surface area contributed by atoms with Crippen molar-refractivity contribution in [3.8, 4) is 0 Å². The van der Waals surface area contributed by atoms with Crippen LogP contribution in [-0.2, 0) is 29.0 Å². The molecule has 1 fully saturated rings. The number of amides is 4. The highest BCUT2D eigenvalue weighted by atomic mass is 16.2. The van der Waals surface area contributed by atoms with E-state index in [2.05, 4.69) is 11.4 Å². The van der Waals surface area contributed by atoms with E-state index < -0.39 is 12.1 Å². The summed E-state index contributed by atoms with van der Waals surface area (Å²) in [5.41, 5.74) is 3.49. The molecular weight excluding hydrogens is 354 g/mol. The monoisotopic (exact) mass is 377 g/mol. The largest absolute Gasteiger partial charge is 0.336 e. The van der Waals surface area contributed by atoms with Crippen LogP contribution in [0.2, 0.25) is 0 Å². The minimum atomic E-state index is -0.567. The summed E-state index contributed by atoms with van der Waals surface area (Å²) in [7, 11) is 0. The smallest absolute Gasteiger partial charge is 0.325 e. The van der Waals surface area contributed by atoms with Crippen LogP contribution in [0.25, 0.3) is 0 Å². The molecule has 0 aliphatic carbocycles. The maximum Gasteiger partial charge on any atom is 0.325 e. The number of aryl methyl sites for hydroxylation is 1. The third kappa shape index (κ3) is 3.76. The van der Waals surface area contributed by atoms with Crippen LogP contribution >= 0.6 is 0 Å². The van der Waals surface area contributed by atoms with Gasteiger partial charge in [-0.15, -0.1) is 0 Å². The lowest BCUT2D eigenvalue weighted by Crippen LogP contribution is -2.45. The maximum atomic E-state index is 12.7. The number of nitrogens with zero attached hydrogens (tertiary/aromatic N) is 2. The Morgan fingerprint density at radius 2 is 1.71 bits per heavy atom. The SMILES string of the molecule is O=C(CN1C(=O)NC(CCc2ccccc2)C1=O)N1CCc2ccccc2C1. The molecule has 144 valence electrons. The molecule has 2 aromatic rings. The molecule has 6 heteroatoms. The summed E-state index contributed by atoms with van der Waals surface area (Å²) in [5, 5.41) is 2.71. The lowest BCUT2D eigenvalue weighted by atomic mass is 10.00. The number of fused-ring (bicyclic) bond motifs is 1. The van der Waals surface area contributed by atoms with Gasteiger partial charge in [0.2, 0.25) is 5.91 Å². The number of hydrogen-bond donors (Lipinski definition) is 1. The molecule has 1 unspecified atom stereocenters. The van der Waals surface area contributed by atoms with E-state index in [-0.39, 0.29) is 18.4 Å². The number of hydrogen-bond acceptors (Lipinski definition) is 3. The molecule has 0 radical (unpaired) electrons. The van der Waals surface area contributed by atoms with Gasteiger partial charge in [-0.3, -0.25) is 14.5 Å². The Kier molecular flexibility index (Phi) is 5.10. The van der Waals surface area contributed by atoms with Crippen LogP contribution in [0, 0.1) is 0 Å². The van der Waals surface area contributed by atoms with E-state index in [9.17, 15) is 14.4 Å². The zero-order valence-corrected chi connectivity index (χ0v) is 15.6. The van der Waals surface area contributed by atoms with E-state index >= 15 is 0 Å². The number of benzene rings is 2. The van der Waals surface area contributed by atoms with E-state index in [1.165, 1.54) is 5.56 Å². The fourth-order valence-corrected chi connectivity index (χ4v) is 3.82. The predicted molar refractivity (Wildman–Crippen MR) is 104 cm³/mol. The van der Waals surface area contributed by atoms with Crippen LogP contribution in [-0.4, -0.2) is 46.8 Å². The van der Waals surface area contributed by atoms with Gasteiger partial charge in [-0.25, -0.2) is 4.79 Å². The summed E-state index contributed by atoms with van der Waals surface area (Å²) < 4.78 is 0. The average Bonchev–Trinajstić information content (AvgIpc) is 3.00. The quantitative estimate of drug-likeness (QED) is 0.812. The maximum absolute atomic E-state index is 12.7. The summed E-state index contributed by atoms with van der Waals surface area (Å²) in [6, 6.07) is 16.8. The van der Waals surface area contributed by atoms with E-state index in [4.69, 9.17) is 0 Å². The van der Waals surface area contributed by atoms with E-state index in [1.54, 1.807) is 4.90 Å². The molecular formula is C22H23N3O3. The van der Waals surface area contributed by atoms with Crippen molar-refractivity contribution in [3.05, 3.63) is 71.3 Å². The first-order valence-electron chi connectivity index (χ1n) is 9.62. The second kappa shape index (κ2) is 7.84. The first kappa shape index (κ1) is 18.2. The standard InChI is InChI=1S/C22H23N3O3/c26-20(24-13-12-17-8-4-5-9-18(17)14-24)15-25-21(27)19(23-22(25)28)11-10-16-6-2-1-3-7-16/h1-9,19H,10-15H2,(H,23,28). The number of imide groups is 1. The summed E-state index contributed by atoms with van der Waals surface area (Å²) >= 11 is 0. The van der Waals surface area contributed by atoms with Crippen molar-refractivity contribution < 1.29 is 14.4 Å². The third-order valence-corrected chi connectivity index (χ3v) is 5.45. The van der Waals surface area contributed by atoms with Gasteiger partial charge in [-0.05, 0) is 36.0 Å². The number of nitrogens with one attached hydrogen (secondary N) is 1. The van der Waals surface area contributed by atoms with Gasteiger partial charge in [0.25, 0.3) is 5.91 Å². The average molecular weight is 377 g/mol. The molecule has 0 bridgehead atoms. The topological polar surface area (TPSA) is 69.7 Å². The fraction of sp³-hybridized carbons (Fsp3) is 0.318. The Morgan fingerprint density at radius 1 is 1.00 bits per heavy atom. The molecule has 1 N–H and O–H groups in total. The highest BCUT2D eigenvalue weighted by Gasteiger charge is 2.39. The molecule has 2 aromatic carbocycles. The van der Waals surface area contributed by atoms with Crippen molar-refractivity contribution in [2.75, 3.05) is 13.1 Å². The molecule has 6 nitrogen and oxygen atoms in total. The van der Waals surface area contributed by atoms with Crippen molar-refractivity contribution >= 4 is 17.8 Å². The molecule has 0 spiro atoms. The molecule has 2 aliphatic heterocycles. The lowest BCUT2D eigenvalue weighted by molar-refractivity contribution is -0.138. The van der Waals surface area contributed by atoms with Gasteiger partial charge >= 0.3 is 6.03 Å². The van der Waals surface area contributed by atoms with Crippen molar-refractivity contribution in [1.29, 1.82) is 0 Å². The van der Waals surface area contributed by atoms with E-state index in [1.807, 2.05) is 48.5 Å². The van der Waals surface area contributed by atoms with Crippen molar-refractivity contribution in [2.24, 2.45) is 0 Å². The van der Waals surface area contributed by atoms with Crippen molar-refractivity contribution in [1.82, 2.24) is 15.1 Å². The number of carbonyl (C=O) groups excluding carboxylic acids is 3. The van der Waals surface area contributed by atoms with Crippen LogP contribution < -0.4 is 5.32 Å². The van der Waals surface area contributed by atoms with Gasteiger partial charge in [0, 0.05) is 13.1 Å². The summed E-state index contributed by atoms with van der Waals surface area (Å²) in [6.07, 6.45) is 2.01. The second-order valence-corrected chi connectivity index (χ2v) is 7.28. The number of carbonyl (C=O) groups is 3. The van der Waals surface area contributed by atoms with Crippen LogP contribution in [0.3, 0.4) is 0 Å². The van der Waals surface area contributed by atoms with Gasteiger partial charge < -0.3 is 10.2 Å². The van der Waals surface area contributed by atoms with E-state index in [0.29, 0.717) is 25.9 Å². The Hall–Kier alpha value is -3.15. The lowest BCUT2D eigenvalue weighted by Gasteiger charge is -2.29. The van der Waals surface area contributed by atoms with Crippen LogP contribution in [0.15, 0.2) is 54.6 Å². The minimum Gasteiger partial charge on any atom is -0.336 e. The third-order valence-electron chi connectivity index (χ3n) is 5.45. The first-order valence-corrected chi connectivity index (χ1v) is 9.62. The zero-order chi connectivity index (χ0) is 19.5. The van der Waals surface area contributed by atoms with Gasteiger partial charge in [0.1, 0.15) is 12.6 Å². The number of urea groups is 1. The first-order chi connectivity index (χ1) is 13.6. The Balaban J connectivity index is 1.35. The summed E-state index contributed by atoms with van der Waals surface area (Å²) in [6.45, 7) is 0.932. The molecule has 0 saturated carbocycles.